The van der Waals surface area contributed by atoms with Crippen molar-refractivity contribution in [3.8, 4) is 0 Å². The van der Waals surface area contributed by atoms with Crippen LogP contribution in [0, 0.1) is 17.8 Å². The second kappa shape index (κ2) is 7.78. The minimum absolute atomic E-state index is 0.228. The highest BCUT2D eigenvalue weighted by Crippen LogP contribution is 2.49. The van der Waals surface area contributed by atoms with Crippen LogP contribution in [0.4, 0.5) is 5.69 Å². The molecular formula is C25H28N2O3. The van der Waals surface area contributed by atoms with E-state index >= 15 is 0 Å². The summed E-state index contributed by atoms with van der Waals surface area (Å²) in [6, 6.07) is 14.2. The van der Waals surface area contributed by atoms with Crippen molar-refractivity contribution in [3.05, 3.63) is 42.5 Å². The predicted molar refractivity (Wildman–Crippen MR) is 118 cm³/mol. The van der Waals surface area contributed by atoms with Crippen molar-refractivity contribution in [3.63, 3.8) is 0 Å². The quantitative estimate of drug-likeness (QED) is 0.580. The molecule has 3 aromatic rings. The highest BCUT2D eigenvalue weighted by atomic mass is 16.5. The zero-order valence-electron chi connectivity index (χ0n) is 17.4. The molecule has 3 atom stereocenters. The Morgan fingerprint density at radius 1 is 1.07 bits per heavy atom. The van der Waals surface area contributed by atoms with E-state index in [1.807, 2.05) is 30.3 Å². The summed E-state index contributed by atoms with van der Waals surface area (Å²) in [6.45, 7) is 2.79. The summed E-state index contributed by atoms with van der Waals surface area (Å²) < 4.78 is 7.54. The summed E-state index contributed by atoms with van der Waals surface area (Å²) in [5.41, 5.74) is 3.05. The number of carbonyl (C=O) groups is 2. The molecule has 5 nitrogen and oxygen atoms in total. The summed E-state index contributed by atoms with van der Waals surface area (Å²) in [5.74, 6) is 1.41. The lowest BCUT2D eigenvalue weighted by Gasteiger charge is -2.20. The molecule has 2 fully saturated rings. The van der Waals surface area contributed by atoms with Gasteiger partial charge >= 0.3 is 5.97 Å². The SMILES string of the molecule is CCn1c2ccccc2c2cc(NC(=O)COC(=O)C[C@H]3C[C@H]4CC[C@H]3C4)ccc21. The number of aryl methyl sites for hydroxylation is 1. The molecule has 2 aliphatic carbocycles. The van der Waals surface area contributed by atoms with Crippen LogP contribution in [0.1, 0.15) is 39.0 Å². The van der Waals surface area contributed by atoms with E-state index < -0.39 is 0 Å². The molecular weight excluding hydrogens is 376 g/mol. The number of carbonyl (C=O) groups excluding carboxylic acids is 2. The molecule has 1 aromatic heterocycles. The standard InChI is InChI=1S/C25H28N2O3/c1-2-27-22-6-4-3-5-20(22)21-14-19(9-10-23(21)27)26-24(28)15-30-25(29)13-18-12-16-7-8-17(18)11-16/h3-6,9-10,14,16-18H,2,7-8,11-13,15H2,1H3,(H,26,28)/t16-,17-,18+/m0/s1. The monoisotopic (exact) mass is 404 g/mol. The van der Waals surface area contributed by atoms with Gasteiger partial charge < -0.3 is 14.6 Å². The molecule has 30 heavy (non-hydrogen) atoms. The molecule has 156 valence electrons. The number of benzene rings is 2. The zero-order valence-corrected chi connectivity index (χ0v) is 17.4. The lowest BCUT2D eigenvalue weighted by atomic mass is 9.86. The lowest BCUT2D eigenvalue weighted by Crippen LogP contribution is -2.23. The van der Waals surface area contributed by atoms with Crippen LogP contribution in [0.2, 0.25) is 0 Å². The Morgan fingerprint density at radius 2 is 1.90 bits per heavy atom. The molecule has 2 bridgehead atoms. The predicted octanol–water partition coefficient (Wildman–Crippen LogP) is 5.12. The number of nitrogens with zero attached hydrogens (tertiary/aromatic N) is 1. The molecule has 1 heterocycles. The fourth-order valence-electron chi connectivity index (χ4n) is 5.71. The van der Waals surface area contributed by atoms with Crippen molar-refractivity contribution in [2.45, 2.75) is 45.6 Å². The first-order chi connectivity index (χ1) is 14.6. The fourth-order valence-corrected chi connectivity index (χ4v) is 5.71. The first kappa shape index (κ1) is 19.2. The van der Waals surface area contributed by atoms with Crippen molar-refractivity contribution >= 4 is 39.4 Å². The number of ether oxygens (including phenoxy) is 1. The molecule has 0 aliphatic heterocycles. The van der Waals surface area contributed by atoms with Gasteiger partial charge in [-0.1, -0.05) is 24.6 Å². The maximum Gasteiger partial charge on any atom is 0.306 e. The normalized spacial score (nSPS) is 22.6. The third-order valence-corrected chi connectivity index (χ3v) is 7.05. The smallest absolute Gasteiger partial charge is 0.306 e. The number of nitrogens with one attached hydrogen (secondary N) is 1. The van der Waals surface area contributed by atoms with Gasteiger partial charge in [0.05, 0.1) is 0 Å². The molecule has 2 saturated carbocycles. The number of aromatic nitrogens is 1. The van der Waals surface area contributed by atoms with Crippen LogP contribution in [0.15, 0.2) is 42.5 Å². The largest absolute Gasteiger partial charge is 0.456 e. The molecule has 2 aliphatic rings. The number of hydrogen-bond acceptors (Lipinski definition) is 3. The van der Waals surface area contributed by atoms with Gasteiger partial charge in [0.25, 0.3) is 5.91 Å². The van der Waals surface area contributed by atoms with Crippen molar-refractivity contribution in [2.24, 2.45) is 17.8 Å². The second-order valence-corrected chi connectivity index (χ2v) is 8.84. The molecule has 5 heteroatoms. The Bertz CT molecular complexity index is 1120. The second-order valence-electron chi connectivity index (χ2n) is 8.84. The molecule has 0 saturated heterocycles. The number of para-hydroxylation sites is 1. The summed E-state index contributed by atoms with van der Waals surface area (Å²) in [4.78, 5) is 24.5. The molecule has 0 radical (unpaired) electrons. The highest BCUT2D eigenvalue weighted by Gasteiger charge is 2.40. The van der Waals surface area contributed by atoms with Gasteiger partial charge in [-0.05, 0) is 68.2 Å². The van der Waals surface area contributed by atoms with Crippen LogP contribution in [-0.2, 0) is 20.9 Å². The fraction of sp³-hybridized carbons (Fsp3) is 0.440. The third kappa shape index (κ3) is 3.47. The van der Waals surface area contributed by atoms with E-state index in [4.69, 9.17) is 4.74 Å². The van der Waals surface area contributed by atoms with Crippen LogP contribution in [-0.4, -0.2) is 23.1 Å². The summed E-state index contributed by atoms with van der Waals surface area (Å²) in [5, 5.41) is 5.16. The van der Waals surface area contributed by atoms with Gasteiger partial charge in [-0.3, -0.25) is 9.59 Å². The number of fused-ring (bicyclic) bond motifs is 5. The van der Waals surface area contributed by atoms with Gasteiger partial charge in [-0.2, -0.15) is 0 Å². The van der Waals surface area contributed by atoms with E-state index in [2.05, 4.69) is 28.9 Å². The first-order valence-corrected chi connectivity index (χ1v) is 11.1. The van der Waals surface area contributed by atoms with E-state index in [1.165, 1.54) is 30.2 Å². The maximum absolute atomic E-state index is 12.3. The van der Waals surface area contributed by atoms with Crippen LogP contribution in [0.25, 0.3) is 21.8 Å². The van der Waals surface area contributed by atoms with Gasteiger partial charge in [0.1, 0.15) is 0 Å². The number of esters is 1. The Hall–Kier alpha value is -2.82. The van der Waals surface area contributed by atoms with Gasteiger partial charge in [0, 0.05) is 40.5 Å². The Balaban J connectivity index is 1.22. The molecule has 0 spiro atoms. The van der Waals surface area contributed by atoms with Gasteiger partial charge in [-0.15, -0.1) is 0 Å². The van der Waals surface area contributed by atoms with E-state index in [0.29, 0.717) is 18.3 Å². The minimum Gasteiger partial charge on any atom is -0.456 e. The van der Waals surface area contributed by atoms with Gasteiger partial charge in [0.15, 0.2) is 6.61 Å². The minimum atomic E-state index is -0.296. The van der Waals surface area contributed by atoms with Crippen LogP contribution < -0.4 is 5.32 Å². The van der Waals surface area contributed by atoms with Crippen LogP contribution in [0.5, 0.6) is 0 Å². The zero-order chi connectivity index (χ0) is 20.7. The first-order valence-electron chi connectivity index (χ1n) is 11.1. The van der Waals surface area contributed by atoms with E-state index in [-0.39, 0.29) is 18.5 Å². The van der Waals surface area contributed by atoms with E-state index in [1.54, 1.807) is 0 Å². The lowest BCUT2D eigenvalue weighted by molar-refractivity contribution is -0.148. The van der Waals surface area contributed by atoms with Crippen LogP contribution in [0.3, 0.4) is 0 Å². The average molecular weight is 405 g/mol. The van der Waals surface area contributed by atoms with Crippen molar-refractivity contribution < 1.29 is 14.3 Å². The molecule has 5 rings (SSSR count). The summed E-state index contributed by atoms with van der Waals surface area (Å²) >= 11 is 0. The Morgan fingerprint density at radius 3 is 2.67 bits per heavy atom. The van der Waals surface area contributed by atoms with Gasteiger partial charge in [0.2, 0.25) is 0 Å². The van der Waals surface area contributed by atoms with Crippen molar-refractivity contribution in [1.82, 2.24) is 4.57 Å². The van der Waals surface area contributed by atoms with E-state index in [9.17, 15) is 9.59 Å². The van der Waals surface area contributed by atoms with Crippen molar-refractivity contribution in [1.29, 1.82) is 0 Å². The summed E-state index contributed by atoms with van der Waals surface area (Å²) in [7, 11) is 0. The number of amides is 1. The molecule has 1 N–H and O–H groups in total. The number of rotatable bonds is 6. The maximum atomic E-state index is 12.3. The third-order valence-electron chi connectivity index (χ3n) is 7.05. The number of hydrogen-bond donors (Lipinski definition) is 1. The molecule has 0 unspecified atom stereocenters. The topological polar surface area (TPSA) is 60.3 Å². The highest BCUT2D eigenvalue weighted by molar-refractivity contribution is 6.09. The number of anilines is 1. The van der Waals surface area contributed by atoms with E-state index in [0.717, 1.165) is 35.5 Å². The Labute approximate surface area is 176 Å². The Kier molecular flexibility index (Phi) is 4.97. The summed E-state index contributed by atoms with van der Waals surface area (Å²) in [6.07, 6.45) is 5.45. The molecule has 2 aromatic carbocycles. The van der Waals surface area contributed by atoms with Gasteiger partial charge in [-0.25, -0.2) is 0 Å². The average Bonchev–Trinajstić information content (AvgIpc) is 3.45. The molecule has 1 amide bonds. The van der Waals surface area contributed by atoms with Crippen LogP contribution >= 0.6 is 0 Å². The van der Waals surface area contributed by atoms with Crippen molar-refractivity contribution in [2.75, 3.05) is 11.9 Å².